The van der Waals surface area contributed by atoms with Crippen LogP contribution in [-0.2, 0) is 11.3 Å². The molecule has 0 aliphatic rings. The van der Waals surface area contributed by atoms with E-state index in [1.54, 1.807) is 19.4 Å². The molecule has 0 saturated carbocycles. The molecule has 0 spiro atoms. The summed E-state index contributed by atoms with van der Waals surface area (Å²) < 4.78 is 12.4. The van der Waals surface area contributed by atoms with Gasteiger partial charge in [0.25, 0.3) is 0 Å². The van der Waals surface area contributed by atoms with E-state index in [0.717, 1.165) is 19.6 Å². The average molecular weight is 226 g/mol. The number of aromatic nitrogens is 1. The van der Waals surface area contributed by atoms with E-state index in [4.69, 9.17) is 9.47 Å². The van der Waals surface area contributed by atoms with E-state index in [9.17, 15) is 5.11 Å². The third kappa shape index (κ3) is 4.49. The van der Waals surface area contributed by atoms with Crippen LogP contribution in [-0.4, -0.2) is 24.9 Å². The number of ether oxygens (including phenoxy) is 2. The lowest BCUT2D eigenvalue weighted by Crippen LogP contribution is -2.33. The van der Waals surface area contributed by atoms with Crippen molar-refractivity contribution in [1.82, 2.24) is 0 Å². The third-order valence-corrected chi connectivity index (χ3v) is 2.13. The highest BCUT2D eigenvalue weighted by Crippen LogP contribution is 2.13. The molecule has 90 valence electrons. The highest BCUT2D eigenvalue weighted by molar-refractivity contribution is 5.23. The van der Waals surface area contributed by atoms with Crippen LogP contribution in [0.2, 0.25) is 0 Å². The van der Waals surface area contributed by atoms with Gasteiger partial charge in [0.05, 0.1) is 19.8 Å². The summed E-state index contributed by atoms with van der Waals surface area (Å²) in [6.07, 6.45) is 4.71. The Hall–Kier alpha value is -1.29. The molecule has 0 aliphatic carbocycles. The van der Waals surface area contributed by atoms with Crippen molar-refractivity contribution in [1.29, 1.82) is 0 Å². The summed E-state index contributed by atoms with van der Waals surface area (Å²) in [4.78, 5) is 0. The van der Waals surface area contributed by atoms with Crippen molar-refractivity contribution in [2.45, 2.75) is 32.9 Å². The molecule has 0 atom stereocenters. The number of aromatic hydroxyl groups is 1. The van der Waals surface area contributed by atoms with Gasteiger partial charge in [-0.05, 0) is 13.8 Å². The Morgan fingerprint density at radius 2 is 2.12 bits per heavy atom. The Bertz CT molecular complexity index is 326. The molecule has 0 radical (unpaired) electrons. The SMILES string of the molecule is COc1cc(O)c[n+](CCCOC(C)C)c1. The lowest BCUT2D eigenvalue weighted by Gasteiger charge is -2.05. The number of rotatable bonds is 6. The van der Waals surface area contributed by atoms with Crippen LogP contribution in [0.4, 0.5) is 0 Å². The van der Waals surface area contributed by atoms with Gasteiger partial charge in [-0.15, -0.1) is 0 Å². The van der Waals surface area contributed by atoms with Gasteiger partial charge in [-0.2, -0.15) is 4.57 Å². The monoisotopic (exact) mass is 226 g/mol. The second kappa shape index (κ2) is 6.33. The molecular formula is C12H20NO3+. The van der Waals surface area contributed by atoms with Gasteiger partial charge in [0.15, 0.2) is 18.0 Å². The minimum Gasteiger partial charge on any atom is -0.503 e. The second-order valence-corrected chi connectivity index (χ2v) is 3.94. The summed E-state index contributed by atoms with van der Waals surface area (Å²) in [5.74, 6) is 0.869. The van der Waals surface area contributed by atoms with Crippen molar-refractivity contribution in [2.75, 3.05) is 13.7 Å². The summed E-state index contributed by atoms with van der Waals surface area (Å²) in [6.45, 7) is 5.56. The number of hydrogen-bond donors (Lipinski definition) is 1. The predicted molar refractivity (Wildman–Crippen MR) is 60.6 cm³/mol. The molecule has 0 amide bonds. The fraction of sp³-hybridized carbons (Fsp3) is 0.583. The minimum atomic E-state index is 0.212. The van der Waals surface area contributed by atoms with Crippen molar-refractivity contribution >= 4 is 0 Å². The van der Waals surface area contributed by atoms with Gasteiger partial charge < -0.3 is 14.6 Å². The topological polar surface area (TPSA) is 42.6 Å². The fourth-order valence-corrected chi connectivity index (χ4v) is 1.40. The Morgan fingerprint density at radius 3 is 2.75 bits per heavy atom. The van der Waals surface area contributed by atoms with Crippen molar-refractivity contribution in [2.24, 2.45) is 0 Å². The van der Waals surface area contributed by atoms with Crippen LogP contribution in [0, 0.1) is 0 Å². The van der Waals surface area contributed by atoms with Crippen molar-refractivity contribution in [3.05, 3.63) is 18.5 Å². The van der Waals surface area contributed by atoms with Crippen LogP contribution >= 0.6 is 0 Å². The zero-order valence-corrected chi connectivity index (χ0v) is 10.1. The third-order valence-electron chi connectivity index (χ3n) is 2.13. The molecule has 1 N–H and O–H groups in total. The number of methoxy groups -OCH3 is 1. The largest absolute Gasteiger partial charge is 0.503 e. The van der Waals surface area contributed by atoms with Crippen LogP contribution in [0.3, 0.4) is 0 Å². The van der Waals surface area contributed by atoms with E-state index in [2.05, 4.69) is 0 Å². The van der Waals surface area contributed by atoms with Gasteiger partial charge in [0, 0.05) is 12.5 Å². The van der Waals surface area contributed by atoms with E-state index in [-0.39, 0.29) is 11.9 Å². The van der Waals surface area contributed by atoms with Crippen molar-refractivity contribution in [3.63, 3.8) is 0 Å². The Balaban J connectivity index is 2.44. The zero-order valence-electron chi connectivity index (χ0n) is 10.1. The minimum absolute atomic E-state index is 0.212. The molecule has 0 aliphatic heterocycles. The first-order valence-corrected chi connectivity index (χ1v) is 5.50. The van der Waals surface area contributed by atoms with Gasteiger partial charge in [-0.25, -0.2) is 0 Å². The Kier molecular flexibility index (Phi) is 5.05. The van der Waals surface area contributed by atoms with E-state index in [1.807, 2.05) is 24.6 Å². The zero-order chi connectivity index (χ0) is 12.0. The molecular weight excluding hydrogens is 206 g/mol. The normalized spacial score (nSPS) is 10.8. The smallest absolute Gasteiger partial charge is 0.211 e. The first-order valence-electron chi connectivity index (χ1n) is 5.50. The number of pyridine rings is 1. The first kappa shape index (κ1) is 12.8. The Morgan fingerprint density at radius 1 is 1.38 bits per heavy atom. The molecule has 1 rings (SSSR count). The Labute approximate surface area is 96.4 Å². The summed E-state index contributed by atoms with van der Waals surface area (Å²) in [7, 11) is 1.58. The van der Waals surface area contributed by atoms with Crippen LogP contribution in [0.1, 0.15) is 20.3 Å². The molecule has 0 unspecified atom stereocenters. The van der Waals surface area contributed by atoms with Crippen molar-refractivity contribution < 1.29 is 19.1 Å². The number of hydrogen-bond acceptors (Lipinski definition) is 3. The molecule has 4 heteroatoms. The lowest BCUT2D eigenvalue weighted by molar-refractivity contribution is -0.698. The molecule has 4 nitrogen and oxygen atoms in total. The van der Waals surface area contributed by atoms with E-state index in [0.29, 0.717) is 5.75 Å². The molecule has 0 aromatic carbocycles. The van der Waals surface area contributed by atoms with Crippen LogP contribution in [0.5, 0.6) is 11.5 Å². The molecule has 0 saturated heterocycles. The van der Waals surface area contributed by atoms with Gasteiger partial charge >= 0.3 is 0 Å². The van der Waals surface area contributed by atoms with Gasteiger partial charge in [0.1, 0.15) is 0 Å². The summed E-state index contributed by atoms with van der Waals surface area (Å²) in [6, 6.07) is 1.58. The molecule has 16 heavy (non-hydrogen) atoms. The number of aryl methyl sites for hydroxylation is 1. The van der Waals surface area contributed by atoms with E-state index >= 15 is 0 Å². The van der Waals surface area contributed by atoms with Crippen LogP contribution in [0.15, 0.2) is 18.5 Å². The highest BCUT2D eigenvalue weighted by Gasteiger charge is 2.07. The standard InChI is InChI=1S/C12H19NO3/c1-10(2)16-6-4-5-13-8-11(14)7-12(9-13)15-3/h7-10H,4-6H2,1-3H3/p+1. The highest BCUT2D eigenvalue weighted by atomic mass is 16.5. The molecule has 0 fully saturated rings. The van der Waals surface area contributed by atoms with Crippen LogP contribution in [0.25, 0.3) is 0 Å². The molecule has 1 aromatic rings. The second-order valence-electron chi connectivity index (χ2n) is 3.94. The maximum atomic E-state index is 9.44. The quantitative estimate of drug-likeness (QED) is 0.590. The molecule has 0 bridgehead atoms. The summed E-state index contributed by atoms with van der Waals surface area (Å²) >= 11 is 0. The maximum absolute atomic E-state index is 9.44. The van der Waals surface area contributed by atoms with Crippen molar-refractivity contribution in [3.8, 4) is 11.5 Å². The number of nitrogens with zero attached hydrogens (tertiary/aromatic N) is 1. The molecule has 1 aromatic heterocycles. The van der Waals surface area contributed by atoms with Crippen LogP contribution < -0.4 is 9.30 Å². The van der Waals surface area contributed by atoms with Gasteiger partial charge in [-0.1, -0.05) is 0 Å². The predicted octanol–water partition coefficient (Wildman–Crippen LogP) is 1.50. The van der Waals surface area contributed by atoms with Gasteiger partial charge in [-0.3, -0.25) is 0 Å². The summed E-state index contributed by atoms with van der Waals surface area (Å²) in [5.41, 5.74) is 0. The average Bonchev–Trinajstić information content (AvgIpc) is 2.23. The first-order chi connectivity index (χ1) is 7.61. The maximum Gasteiger partial charge on any atom is 0.211 e. The van der Waals surface area contributed by atoms with Gasteiger partial charge in [0.2, 0.25) is 12.4 Å². The van der Waals surface area contributed by atoms with E-state index in [1.165, 1.54) is 0 Å². The lowest BCUT2D eigenvalue weighted by atomic mass is 10.3. The summed E-state index contributed by atoms with van der Waals surface area (Å²) in [5, 5.41) is 9.44. The van der Waals surface area contributed by atoms with E-state index < -0.39 is 0 Å². The molecule has 1 heterocycles. The fourth-order valence-electron chi connectivity index (χ4n) is 1.40.